The summed E-state index contributed by atoms with van der Waals surface area (Å²) in [6, 6.07) is 0. The average molecular weight is 140 g/mol. The molecule has 60 valence electrons. The number of hydrogen-bond donors (Lipinski definition) is 0. The Bertz CT molecular complexity index is 98.6. The van der Waals surface area contributed by atoms with Crippen molar-refractivity contribution in [1.82, 2.24) is 0 Å². The fourth-order valence-electron chi connectivity index (χ4n) is 0.620. The van der Waals surface area contributed by atoms with Crippen molar-refractivity contribution < 1.29 is 0 Å². The third kappa shape index (κ3) is 4.60. The lowest BCUT2D eigenvalue weighted by Crippen LogP contribution is -1.99. The number of hydrogen-bond acceptors (Lipinski definition) is 0. The van der Waals surface area contributed by atoms with E-state index in [4.69, 9.17) is 0 Å². The van der Waals surface area contributed by atoms with Crippen LogP contribution < -0.4 is 0 Å². The van der Waals surface area contributed by atoms with E-state index in [0.717, 1.165) is 11.8 Å². The average Bonchev–Trinajstić information content (AvgIpc) is 1.82. The van der Waals surface area contributed by atoms with Gasteiger partial charge in [-0.1, -0.05) is 46.8 Å². The van der Waals surface area contributed by atoms with E-state index in [1.165, 1.54) is 0 Å². The van der Waals surface area contributed by atoms with Crippen molar-refractivity contribution in [2.45, 2.75) is 34.6 Å². The molecular formula is C10H20. The second-order valence-corrected chi connectivity index (χ2v) is 3.73. The summed E-state index contributed by atoms with van der Waals surface area (Å²) >= 11 is 0. The van der Waals surface area contributed by atoms with Gasteiger partial charge in [0.1, 0.15) is 0 Å². The highest BCUT2D eigenvalue weighted by atomic mass is 14.1. The van der Waals surface area contributed by atoms with Gasteiger partial charge in [0, 0.05) is 0 Å². The largest absolute Gasteiger partial charge is 0.0857 e. The summed E-state index contributed by atoms with van der Waals surface area (Å²) in [5.74, 6) is 2.19. The fraction of sp³-hybridized carbons (Fsp3) is 0.800. The Morgan fingerprint density at radius 3 is 1.60 bits per heavy atom. The monoisotopic (exact) mass is 140 g/mol. The molecule has 0 spiro atoms. The van der Waals surface area contributed by atoms with Crippen molar-refractivity contribution in [3.05, 3.63) is 12.2 Å². The fourth-order valence-corrected chi connectivity index (χ4v) is 0.620. The van der Waals surface area contributed by atoms with Crippen LogP contribution in [-0.4, -0.2) is 0 Å². The molecule has 0 bridgehead atoms. The molecule has 0 aliphatic heterocycles. The smallest absolute Gasteiger partial charge is 0.0239 e. The minimum absolute atomic E-state index is 0.696. The predicted octanol–water partition coefficient (Wildman–Crippen LogP) is 3.49. The van der Waals surface area contributed by atoms with Crippen molar-refractivity contribution in [3.63, 3.8) is 0 Å². The van der Waals surface area contributed by atoms with E-state index in [9.17, 15) is 0 Å². The van der Waals surface area contributed by atoms with Crippen molar-refractivity contribution in [2.24, 2.45) is 17.8 Å². The first-order valence-corrected chi connectivity index (χ1v) is 4.22. The van der Waals surface area contributed by atoms with Crippen LogP contribution in [0.3, 0.4) is 0 Å². The van der Waals surface area contributed by atoms with E-state index in [-0.39, 0.29) is 0 Å². The highest BCUT2D eigenvalue weighted by Crippen LogP contribution is 2.11. The SMILES string of the molecule is CC(C)/C=C/[C@@H](C)C(C)C. The molecule has 0 amide bonds. The normalized spacial score (nSPS) is 15.5. The van der Waals surface area contributed by atoms with E-state index in [2.05, 4.69) is 46.8 Å². The molecule has 0 aliphatic rings. The van der Waals surface area contributed by atoms with E-state index in [1.807, 2.05) is 0 Å². The van der Waals surface area contributed by atoms with E-state index >= 15 is 0 Å². The van der Waals surface area contributed by atoms with Crippen LogP contribution in [0.15, 0.2) is 12.2 Å². The van der Waals surface area contributed by atoms with Gasteiger partial charge in [-0.25, -0.2) is 0 Å². The molecule has 0 N–H and O–H groups in total. The quantitative estimate of drug-likeness (QED) is 0.526. The molecule has 0 aromatic rings. The maximum atomic E-state index is 2.31. The summed E-state index contributed by atoms with van der Waals surface area (Å²) in [4.78, 5) is 0. The van der Waals surface area contributed by atoms with Crippen molar-refractivity contribution in [3.8, 4) is 0 Å². The van der Waals surface area contributed by atoms with Crippen LogP contribution in [0.2, 0.25) is 0 Å². The van der Waals surface area contributed by atoms with E-state index in [0.29, 0.717) is 5.92 Å². The zero-order valence-electron chi connectivity index (χ0n) is 7.89. The predicted molar refractivity (Wildman–Crippen MR) is 48.0 cm³/mol. The lowest BCUT2D eigenvalue weighted by molar-refractivity contribution is 0.501. The molecule has 0 unspecified atom stereocenters. The third-order valence-corrected chi connectivity index (χ3v) is 1.85. The zero-order valence-corrected chi connectivity index (χ0v) is 7.89. The highest BCUT2D eigenvalue weighted by Gasteiger charge is 2.01. The highest BCUT2D eigenvalue weighted by molar-refractivity contribution is 4.89. The lowest BCUT2D eigenvalue weighted by atomic mass is 9.96. The molecule has 0 fully saturated rings. The van der Waals surface area contributed by atoms with Gasteiger partial charge in [-0.2, -0.15) is 0 Å². The molecule has 0 aromatic carbocycles. The Morgan fingerprint density at radius 2 is 1.30 bits per heavy atom. The summed E-state index contributed by atoms with van der Waals surface area (Å²) in [6.07, 6.45) is 4.60. The van der Waals surface area contributed by atoms with Gasteiger partial charge in [-0.3, -0.25) is 0 Å². The summed E-state index contributed by atoms with van der Waals surface area (Å²) in [5.41, 5.74) is 0. The van der Waals surface area contributed by atoms with Crippen LogP contribution >= 0.6 is 0 Å². The van der Waals surface area contributed by atoms with Gasteiger partial charge in [0.25, 0.3) is 0 Å². The first-order chi connectivity index (χ1) is 4.54. The summed E-state index contributed by atoms with van der Waals surface area (Å²) in [6.45, 7) is 11.2. The first-order valence-electron chi connectivity index (χ1n) is 4.22. The van der Waals surface area contributed by atoms with Crippen LogP contribution in [0.4, 0.5) is 0 Å². The molecular weight excluding hydrogens is 120 g/mol. The van der Waals surface area contributed by atoms with Gasteiger partial charge in [0.2, 0.25) is 0 Å². The van der Waals surface area contributed by atoms with Gasteiger partial charge in [0.15, 0.2) is 0 Å². The Hall–Kier alpha value is -0.260. The molecule has 1 atom stereocenters. The second kappa shape index (κ2) is 4.54. The molecule has 0 saturated carbocycles. The molecule has 0 nitrogen and oxygen atoms in total. The second-order valence-electron chi connectivity index (χ2n) is 3.73. The zero-order chi connectivity index (χ0) is 8.15. The summed E-state index contributed by atoms with van der Waals surface area (Å²) < 4.78 is 0. The molecule has 0 radical (unpaired) electrons. The number of rotatable bonds is 3. The molecule has 0 heteroatoms. The number of allylic oxidation sites excluding steroid dienone is 2. The standard InChI is InChI=1S/C10H20/c1-8(2)6-7-10(5)9(3)4/h6-10H,1-5H3/b7-6+/t10-/m1/s1. The Morgan fingerprint density at radius 1 is 0.800 bits per heavy atom. The molecule has 0 saturated heterocycles. The minimum Gasteiger partial charge on any atom is -0.0857 e. The molecule has 0 aromatic heterocycles. The maximum absolute atomic E-state index is 2.31. The van der Waals surface area contributed by atoms with Crippen LogP contribution in [-0.2, 0) is 0 Å². The van der Waals surface area contributed by atoms with Gasteiger partial charge >= 0.3 is 0 Å². The molecule has 0 rings (SSSR count). The molecule has 0 heterocycles. The maximum Gasteiger partial charge on any atom is -0.0239 e. The Labute approximate surface area is 65.3 Å². The van der Waals surface area contributed by atoms with Crippen LogP contribution in [0, 0.1) is 17.8 Å². The van der Waals surface area contributed by atoms with Crippen molar-refractivity contribution >= 4 is 0 Å². The van der Waals surface area contributed by atoms with Gasteiger partial charge in [0.05, 0.1) is 0 Å². The van der Waals surface area contributed by atoms with E-state index < -0.39 is 0 Å². The first kappa shape index (κ1) is 9.74. The third-order valence-electron chi connectivity index (χ3n) is 1.85. The summed E-state index contributed by atoms with van der Waals surface area (Å²) in [7, 11) is 0. The van der Waals surface area contributed by atoms with Crippen LogP contribution in [0.25, 0.3) is 0 Å². The van der Waals surface area contributed by atoms with Gasteiger partial charge in [-0.05, 0) is 17.8 Å². The summed E-state index contributed by atoms with van der Waals surface area (Å²) in [5, 5.41) is 0. The van der Waals surface area contributed by atoms with Crippen LogP contribution in [0.5, 0.6) is 0 Å². The Kier molecular flexibility index (Phi) is 4.42. The molecule has 0 aliphatic carbocycles. The lowest BCUT2D eigenvalue weighted by Gasteiger charge is -2.09. The van der Waals surface area contributed by atoms with Crippen LogP contribution in [0.1, 0.15) is 34.6 Å². The van der Waals surface area contributed by atoms with Crippen molar-refractivity contribution in [2.75, 3.05) is 0 Å². The molecule has 10 heavy (non-hydrogen) atoms. The topological polar surface area (TPSA) is 0 Å². The minimum atomic E-state index is 0.696. The van der Waals surface area contributed by atoms with E-state index in [1.54, 1.807) is 0 Å². The Balaban J connectivity index is 3.66. The van der Waals surface area contributed by atoms with Crippen molar-refractivity contribution in [1.29, 1.82) is 0 Å². The van der Waals surface area contributed by atoms with Gasteiger partial charge < -0.3 is 0 Å². The van der Waals surface area contributed by atoms with Gasteiger partial charge in [-0.15, -0.1) is 0 Å².